The van der Waals surface area contributed by atoms with Crippen molar-refractivity contribution < 1.29 is 4.79 Å². The SMILES string of the molecule is CC1CSCC1N1C2CCC1CC(=O)C2. The molecule has 3 aliphatic heterocycles. The van der Waals surface area contributed by atoms with E-state index in [0.717, 1.165) is 24.8 Å². The van der Waals surface area contributed by atoms with Crippen molar-refractivity contribution in [2.24, 2.45) is 5.92 Å². The van der Waals surface area contributed by atoms with Crippen molar-refractivity contribution in [1.82, 2.24) is 4.90 Å². The minimum Gasteiger partial charge on any atom is -0.300 e. The van der Waals surface area contributed by atoms with Gasteiger partial charge in [-0.2, -0.15) is 11.8 Å². The second-order valence-electron chi connectivity index (χ2n) is 5.36. The number of fused-ring (bicyclic) bond motifs is 2. The lowest BCUT2D eigenvalue weighted by Crippen LogP contribution is -2.51. The van der Waals surface area contributed by atoms with Crippen LogP contribution in [-0.4, -0.2) is 40.3 Å². The number of hydrogen-bond donors (Lipinski definition) is 0. The van der Waals surface area contributed by atoms with Crippen LogP contribution >= 0.6 is 11.8 Å². The Morgan fingerprint density at radius 1 is 1.20 bits per heavy atom. The third-order valence-corrected chi connectivity index (χ3v) is 5.65. The summed E-state index contributed by atoms with van der Waals surface area (Å²) >= 11 is 2.09. The number of thioether (sulfide) groups is 1. The van der Waals surface area contributed by atoms with E-state index in [4.69, 9.17) is 0 Å². The Hall–Kier alpha value is -0.0200. The molecule has 3 heteroatoms. The van der Waals surface area contributed by atoms with E-state index < -0.39 is 0 Å². The molecule has 0 aliphatic carbocycles. The van der Waals surface area contributed by atoms with Crippen molar-refractivity contribution in [3.05, 3.63) is 0 Å². The summed E-state index contributed by atoms with van der Waals surface area (Å²) in [5.41, 5.74) is 0. The van der Waals surface area contributed by atoms with Crippen LogP contribution in [0.1, 0.15) is 32.6 Å². The van der Waals surface area contributed by atoms with Crippen LogP contribution in [0.3, 0.4) is 0 Å². The van der Waals surface area contributed by atoms with E-state index in [-0.39, 0.29) is 0 Å². The minimum atomic E-state index is 0.511. The molecule has 0 spiro atoms. The zero-order valence-corrected chi connectivity index (χ0v) is 10.1. The average Bonchev–Trinajstić information content (AvgIpc) is 2.69. The summed E-state index contributed by atoms with van der Waals surface area (Å²) in [6.45, 7) is 2.38. The van der Waals surface area contributed by atoms with Crippen LogP contribution in [0.15, 0.2) is 0 Å². The van der Waals surface area contributed by atoms with E-state index in [0.29, 0.717) is 17.9 Å². The van der Waals surface area contributed by atoms with Gasteiger partial charge in [0.25, 0.3) is 0 Å². The molecule has 0 aromatic heterocycles. The van der Waals surface area contributed by atoms with Crippen LogP contribution in [0.4, 0.5) is 0 Å². The van der Waals surface area contributed by atoms with Crippen LogP contribution < -0.4 is 0 Å². The molecular weight excluding hydrogens is 206 g/mol. The van der Waals surface area contributed by atoms with Gasteiger partial charge in [0.05, 0.1) is 0 Å². The van der Waals surface area contributed by atoms with Crippen molar-refractivity contribution in [1.29, 1.82) is 0 Å². The Kier molecular flexibility index (Phi) is 2.56. The first-order valence-electron chi connectivity index (χ1n) is 6.12. The van der Waals surface area contributed by atoms with Gasteiger partial charge < -0.3 is 0 Å². The van der Waals surface area contributed by atoms with Crippen molar-refractivity contribution in [3.63, 3.8) is 0 Å². The predicted octanol–water partition coefficient (Wildman–Crippen LogP) is 1.93. The first-order chi connectivity index (χ1) is 7.25. The summed E-state index contributed by atoms with van der Waals surface area (Å²) < 4.78 is 0. The molecule has 15 heavy (non-hydrogen) atoms. The second kappa shape index (κ2) is 3.77. The predicted molar refractivity (Wildman–Crippen MR) is 63.2 cm³/mol. The van der Waals surface area contributed by atoms with E-state index >= 15 is 0 Å². The zero-order valence-electron chi connectivity index (χ0n) is 9.32. The van der Waals surface area contributed by atoms with E-state index in [1.54, 1.807) is 0 Å². The normalized spacial score (nSPS) is 46.3. The van der Waals surface area contributed by atoms with Crippen molar-refractivity contribution in [2.75, 3.05) is 11.5 Å². The number of ketones is 1. The van der Waals surface area contributed by atoms with Crippen LogP contribution in [-0.2, 0) is 4.79 Å². The third kappa shape index (κ3) is 1.64. The Morgan fingerprint density at radius 2 is 1.87 bits per heavy atom. The average molecular weight is 225 g/mol. The van der Waals surface area contributed by atoms with Crippen LogP contribution in [0, 0.1) is 5.92 Å². The number of piperidine rings is 1. The van der Waals surface area contributed by atoms with Gasteiger partial charge in [0.15, 0.2) is 0 Å². The first-order valence-corrected chi connectivity index (χ1v) is 7.28. The molecule has 0 aromatic carbocycles. The zero-order chi connectivity index (χ0) is 10.4. The number of rotatable bonds is 1. The summed E-state index contributed by atoms with van der Waals surface area (Å²) in [4.78, 5) is 14.2. The van der Waals surface area contributed by atoms with E-state index in [1.165, 1.54) is 24.3 Å². The van der Waals surface area contributed by atoms with Gasteiger partial charge in [-0.1, -0.05) is 6.92 Å². The Bertz CT molecular complexity index is 265. The summed E-state index contributed by atoms with van der Waals surface area (Å²) in [7, 11) is 0. The first kappa shape index (κ1) is 10.2. The topological polar surface area (TPSA) is 20.3 Å². The number of hydrogen-bond acceptors (Lipinski definition) is 3. The van der Waals surface area contributed by atoms with Gasteiger partial charge in [-0.05, 0) is 24.5 Å². The fraction of sp³-hybridized carbons (Fsp3) is 0.917. The van der Waals surface area contributed by atoms with Crippen molar-refractivity contribution in [2.45, 2.75) is 50.7 Å². The van der Waals surface area contributed by atoms with Crippen LogP contribution in [0.5, 0.6) is 0 Å². The highest BCUT2D eigenvalue weighted by atomic mass is 32.2. The lowest BCUT2D eigenvalue weighted by atomic mass is 9.95. The van der Waals surface area contributed by atoms with Gasteiger partial charge in [0, 0.05) is 36.7 Å². The molecule has 3 aliphatic rings. The molecule has 0 amide bonds. The number of nitrogens with zero attached hydrogens (tertiary/aromatic N) is 1. The Labute approximate surface area is 95.8 Å². The van der Waals surface area contributed by atoms with Crippen molar-refractivity contribution in [3.8, 4) is 0 Å². The van der Waals surface area contributed by atoms with E-state index in [1.807, 2.05) is 0 Å². The number of carbonyl (C=O) groups is 1. The van der Waals surface area contributed by atoms with Gasteiger partial charge in [0.2, 0.25) is 0 Å². The quantitative estimate of drug-likeness (QED) is 0.680. The van der Waals surface area contributed by atoms with Gasteiger partial charge in [-0.3, -0.25) is 9.69 Å². The molecule has 84 valence electrons. The Morgan fingerprint density at radius 3 is 2.40 bits per heavy atom. The monoisotopic (exact) mass is 225 g/mol. The molecule has 0 radical (unpaired) electrons. The molecule has 2 bridgehead atoms. The number of carbonyl (C=O) groups excluding carboxylic acids is 1. The van der Waals surface area contributed by atoms with Gasteiger partial charge in [-0.15, -0.1) is 0 Å². The van der Waals surface area contributed by atoms with E-state index in [9.17, 15) is 4.79 Å². The molecule has 3 rings (SSSR count). The highest BCUT2D eigenvalue weighted by Crippen LogP contribution is 2.40. The van der Waals surface area contributed by atoms with Crippen molar-refractivity contribution >= 4 is 17.5 Å². The molecule has 3 heterocycles. The lowest BCUT2D eigenvalue weighted by molar-refractivity contribution is -0.124. The van der Waals surface area contributed by atoms with Gasteiger partial charge in [-0.25, -0.2) is 0 Å². The fourth-order valence-corrected chi connectivity index (χ4v) is 5.05. The molecule has 4 atom stereocenters. The maximum absolute atomic E-state index is 11.5. The summed E-state index contributed by atoms with van der Waals surface area (Å²) in [6.07, 6.45) is 4.21. The fourth-order valence-electron chi connectivity index (χ4n) is 3.58. The smallest absolute Gasteiger partial charge is 0.136 e. The van der Waals surface area contributed by atoms with Crippen LogP contribution in [0.2, 0.25) is 0 Å². The molecule has 3 fully saturated rings. The lowest BCUT2D eigenvalue weighted by Gasteiger charge is -2.40. The van der Waals surface area contributed by atoms with Crippen LogP contribution in [0.25, 0.3) is 0 Å². The molecule has 0 aromatic rings. The minimum absolute atomic E-state index is 0.511. The number of Topliss-reactive ketones (excluding diaryl/α,β-unsaturated/α-hetero) is 1. The highest BCUT2D eigenvalue weighted by Gasteiger charge is 2.45. The summed E-state index contributed by atoms with van der Waals surface area (Å²) in [6, 6.07) is 1.96. The largest absolute Gasteiger partial charge is 0.300 e. The maximum atomic E-state index is 11.5. The second-order valence-corrected chi connectivity index (χ2v) is 6.44. The van der Waals surface area contributed by atoms with E-state index in [2.05, 4.69) is 23.6 Å². The van der Waals surface area contributed by atoms with Gasteiger partial charge in [0.1, 0.15) is 5.78 Å². The molecule has 2 nitrogen and oxygen atoms in total. The molecule has 0 N–H and O–H groups in total. The third-order valence-electron chi connectivity index (χ3n) is 4.31. The Balaban J connectivity index is 1.79. The highest BCUT2D eigenvalue weighted by molar-refractivity contribution is 7.99. The summed E-state index contributed by atoms with van der Waals surface area (Å²) in [5, 5.41) is 0. The molecule has 4 unspecified atom stereocenters. The molecular formula is C12H19NOS. The standard InChI is InChI=1S/C12H19NOS/c1-8-6-15-7-12(8)13-9-2-3-10(13)5-11(14)4-9/h8-10,12H,2-7H2,1H3. The summed E-state index contributed by atoms with van der Waals surface area (Å²) in [5.74, 6) is 3.94. The molecule has 0 saturated carbocycles. The molecule has 3 saturated heterocycles. The van der Waals surface area contributed by atoms with Gasteiger partial charge >= 0.3 is 0 Å². The maximum Gasteiger partial charge on any atom is 0.136 e.